The first-order valence-corrected chi connectivity index (χ1v) is 9.99. The fourth-order valence-corrected chi connectivity index (χ4v) is 3.77. The van der Waals surface area contributed by atoms with Gasteiger partial charge in [-0.2, -0.15) is 0 Å². The Morgan fingerprint density at radius 2 is 0.963 bits per heavy atom. The van der Waals surface area contributed by atoms with Crippen molar-refractivity contribution in [1.29, 1.82) is 0 Å². The SMILES string of the molecule is NCCCCCCNC(c1ccccc1)(c1ccccc1)c1ccccc1. The molecule has 3 rings (SSSR count). The van der Waals surface area contributed by atoms with Crippen LogP contribution in [0.4, 0.5) is 0 Å². The molecule has 0 aliphatic rings. The van der Waals surface area contributed by atoms with E-state index in [1.165, 1.54) is 29.5 Å². The minimum atomic E-state index is -0.350. The second-order valence-electron chi connectivity index (χ2n) is 6.98. The van der Waals surface area contributed by atoms with Crippen LogP contribution in [0.2, 0.25) is 0 Å². The number of nitrogens with one attached hydrogen (secondary N) is 1. The Labute approximate surface area is 163 Å². The van der Waals surface area contributed by atoms with Crippen molar-refractivity contribution < 1.29 is 0 Å². The van der Waals surface area contributed by atoms with Gasteiger partial charge in [0.15, 0.2) is 0 Å². The molecule has 0 spiro atoms. The van der Waals surface area contributed by atoms with Gasteiger partial charge in [-0.1, -0.05) is 104 Å². The van der Waals surface area contributed by atoms with E-state index >= 15 is 0 Å². The van der Waals surface area contributed by atoms with Crippen LogP contribution in [0, 0.1) is 0 Å². The van der Waals surface area contributed by atoms with Gasteiger partial charge < -0.3 is 5.73 Å². The molecular weight excluding hydrogens is 328 g/mol. The van der Waals surface area contributed by atoms with Crippen LogP contribution in [-0.4, -0.2) is 13.1 Å². The van der Waals surface area contributed by atoms with E-state index in [0.29, 0.717) is 0 Å². The summed E-state index contributed by atoms with van der Waals surface area (Å²) in [7, 11) is 0. The van der Waals surface area contributed by atoms with Crippen molar-refractivity contribution in [1.82, 2.24) is 5.32 Å². The third kappa shape index (κ3) is 4.65. The predicted octanol–water partition coefficient (Wildman–Crippen LogP) is 5.09. The summed E-state index contributed by atoms with van der Waals surface area (Å²) in [6.07, 6.45) is 4.67. The molecule has 0 fully saturated rings. The molecular formula is C25H30N2. The average molecular weight is 359 g/mol. The fraction of sp³-hybridized carbons (Fsp3) is 0.280. The molecule has 0 heterocycles. The van der Waals surface area contributed by atoms with Crippen LogP contribution in [-0.2, 0) is 5.54 Å². The second kappa shape index (κ2) is 10.1. The van der Waals surface area contributed by atoms with E-state index in [1.54, 1.807) is 0 Å². The summed E-state index contributed by atoms with van der Waals surface area (Å²) in [5.41, 5.74) is 9.08. The lowest BCUT2D eigenvalue weighted by Crippen LogP contribution is -2.45. The molecule has 0 saturated heterocycles. The first-order valence-electron chi connectivity index (χ1n) is 9.99. The van der Waals surface area contributed by atoms with Crippen LogP contribution in [0.5, 0.6) is 0 Å². The highest BCUT2D eigenvalue weighted by Crippen LogP contribution is 2.36. The first-order chi connectivity index (χ1) is 13.4. The number of benzene rings is 3. The Hall–Kier alpha value is -2.42. The standard InChI is InChI=1S/C25H30N2/c26-20-12-1-2-13-21-27-25(22-14-6-3-7-15-22,23-16-8-4-9-17-23)24-18-10-5-11-19-24/h3-11,14-19,27H,1-2,12-13,20-21,26H2. The minimum absolute atomic E-state index is 0.350. The molecule has 0 aromatic heterocycles. The molecule has 0 unspecified atom stereocenters. The van der Waals surface area contributed by atoms with Crippen molar-refractivity contribution in [2.75, 3.05) is 13.1 Å². The molecule has 2 nitrogen and oxygen atoms in total. The Bertz CT molecular complexity index is 673. The van der Waals surface area contributed by atoms with E-state index in [1.807, 2.05) is 0 Å². The Morgan fingerprint density at radius 3 is 1.37 bits per heavy atom. The minimum Gasteiger partial charge on any atom is -0.330 e. The third-order valence-corrected chi connectivity index (χ3v) is 5.14. The lowest BCUT2D eigenvalue weighted by atomic mass is 9.77. The summed E-state index contributed by atoms with van der Waals surface area (Å²) in [6, 6.07) is 32.3. The van der Waals surface area contributed by atoms with Crippen LogP contribution < -0.4 is 11.1 Å². The number of unbranched alkanes of at least 4 members (excludes halogenated alkanes) is 3. The van der Waals surface area contributed by atoms with Crippen molar-refractivity contribution in [3.63, 3.8) is 0 Å². The van der Waals surface area contributed by atoms with E-state index in [9.17, 15) is 0 Å². The maximum atomic E-state index is 5.62. The largest absolute Gasteiger partial charge is 0.330 e. The van der Waals surface area contributed by atoms with Crippen LogP contribution in [0.15, 0.2) is 91.0 Å². The summed E-state index contributed by atoms with van der Waals surface area (Å²) in [5, 5.41) is 3.93. The summed E-state index contributed by atoms with van der Waals surface area (Å²) in [4.78, 5) is 0. The van der Waals surface area contributed by atoms with E-state index < -0.39 is 0 Å². The number of hydrogen-bond acceptors (Lipinski definition) is 2. The normalized spacial score (nSPS) is 11.4. The van der Waals surface area contributed by atoms with Gasteiger partial charge in [-0.3, -0.25) is 5.32 Å². The molecule has 27 heavy (non-hydrogen) atoms. The molecule has 0 bridgehead atoms. The predicted molar refractivity (Wildman–Crippen MR) is 115 cm³/mol. The molecule has 3 aromatic carbocycles. The number of hydrogen-bond donors (Lipinski definition) is 2. The van der Waals surface area contributed by atoms with Gasteiger partial charge in [-0.15, -0.1) is 0 Å². The third-order valence-electron chi connectivity index (χ3n) is 5.14. The molecule has 3 N–H and O–H groups in total. The number of nitrogens with two attached hydrogens (primary N) is 1. The summed E-state index contributed by atoms with van der Waals surface area (Å²) < 4.78 is 0. The van der Waals surface area contributed by atoms with Gasteiger partial charge >= 0.3 is 0 Å². The number of rotatable bonds is 10. The zero-order valence-corrected chi connectivity index (χ0v) is 16.0. The molecule has 0 amide bonds. The van der Waals surface area contributed by atoms with E-state index in [2.05, 4.69) is 96.3 Å². The first kappa shape index (κ1) is 19.3. The van der Waals surface area contributed by atoms with Crippen LogP contribution in [0.3, 0.4) is 0 Å². The zero-order valence-electron chi connectivity index (χ0n) is 16.0. The van der Waals surface area contributed by atoms with Gasteiger partial charge in [0.2, 0.25) is 0 Å². The molecule has 0 radical (unpaired) electrons. The van der Waals surface area contributed by atoms with Crippen LogP contribution in [0.25, 0.3) is 0 Å². The Morgan fingerprint density at radius 1 is 0.556 bits per heavy atom. The van der Waals surface area contributed by atoms with E-state index in [-0.39, 0.29) is 5.54 Å². The van der Waals surface area contributed by atoms with Crippen molar-refractivity contribution in [3.8, 4) is 0 Å². The fourth-order valence-electron chi connectivity index (χ4n) is 3.77. The van der Waals surface area contributed by atoms with Crippen LogP contribution in [0.1, 0.15) is 42.4 Å². The van der Waals surface area contributed by atoms with Crippen molar-refractivity contribution in [2.24, 2.45) is 5.73 Å². The Kier molecular flexibility index (Phi) is 7.20. The quantitative estimate of drug-likeness (QED) is 0.391. The van der Waals surface area contributed by atoms with Gasteiger partial charge in [0, 0.05) is 0 Å². The van der Waals surface area contributed by atoms with E-state index in [0.717, 1.165) is 25.9 Å². The van der Waals surface area contributed by atoms with Gasteiger partial charge in [-0.05, 0) is 42.6 Å². The lowest BCUT2D eigenvalue weighted by molar-refractivity contribution is 0.456. The zero-order chi connectivity index (χ0) is 18.8. The summed E-state index contributed by atoms with van der Waals surface area (Å²) in [6.45, 7) is 1.75. The van der Waals surface area contributed by atoms with Gasteiger partial charge in [0.1, 0.15) is 0 Å². The lowest BCUT2D eigenvalue weighted by Gasteiger charge is -2.37. The second-order valence-corrected chi connectivity index (χ2v) is 6.98. The highest BCUT2D eigenvalue weighted by Gasteiger charge is 2.35. The highest BCUT2D eigenvalue weighted by atomic mass is 15.0. The summed E-state index contributed by atoms with van der Waals surface area (Å²) >= 11 is 0. The molecule has 0 aliphatic carbocycles. The van der Waals surface area contributed by atoms with E-state index in [4.69, 9.17) is 5.73 Å². The maximum absolute atomic E-state index is 5.62. The van der Waals surface area contributed by atoms with Crippen molar-refractivity contribution in [2.45, 2.75) is 31.2 Å². The highest BCUT2D eigenvalue weighted by molar-refractivity contribution is 5.49. The van der Waals surface area contributed by atoms with Gasteiger partial charge in [0.05, 0.1) is 5.54 Å². The average Bonchev–Trinajstić information content (AvgIpc) is 2.75. The summed E-state index contributed by atoms with van der Waals surface area (Å²) in [5.74, 6) is 0. The molecule has 140 valence electrons. The maximum Gasteiger partial charge on any atom is 0.0947 e. The van der Waals surface area contributed by atoms with Crippen molar-refractivity contribution >= 4 is 0 Å². The van der Waals surface area contributed by atoms with Gasteiger partial charge in [0.25, 0.3) is 0 Å². The topological polar surface area (TPSA) is 38.0 Å². The molecule has 3 aromatic rings. The molecule has 0 aliphatic heterocycles. The molecule has 0 saturated carbocycles. The monoisotopic (exact) mass is 358 g/mol. The molecule has 2 heteroatoms. The van der Waals surface area contributed by atoms with Crippen molar-refractivity contribution in [3.05, 3.63) is 108 Å². The molecule has 0 atom stereocenters. The smallest absolute Gasteiger partial charge is 0.0947 e. The Balaban J connectivity index is 1.98. The van der Waals surface area contributed by atoms with Crippen LogP contribution >= 0.6 is 0 Å². The van der Waals surface area contributed by atoms with Gasteiger partial charge in [-0.25, -0.2) is 0 Å².